The van der Waals surface area contributed by atoms with Crippen molar-refractivity contribution in [2.45, 2.75) is 91.5 Å². The monoisotopic (exact) mass is 584 g/mol. The molecule has 0 heterocycles. The Kier molecular flexibility index (Phi) is 10.1. The minimum Gasteiger partial charge on any atom is -0.444 e. The van der Waals surface area contributed by atoms with Gasteiger partial charge in [0.15, 0.2) is 0 Å². The van der Waals surface area contributed by atoms with E-state index in [1.54, 1.807) is 37.8 Å². The van der Waals surface area contributed by atoms with Crippen LogP contribution >= 0.6 is 11.6 Å². The van der Waals surface area contributed by atoms with E-state index in [1.165, 1.54) is 0 Å². The van der Waals surface area contributed by atoms with Gasteiger partial charge in [-0.05, 0) is 77.5 Å². The Morgan fingerprint density at radius 1 is 1.10 bits per heavy atom. The predicted octanol–water partition coefficient (Wildman–Crippen LogP) is 5.34. The summed E-state index contributed by atoms with van der Waals surface area (Å²) in [6.07, 6.45) is -0.307. The van der Waals surface area contributed by atoms with E-state index in [9.17, 15) is 19.2 Å². The average Bonchev–Trinajstić information content (AvgIpc) is 3.55. The van der Waals surface area contributed by atoms with Crippen LogP contribution in [-0.2, 0) is 19.1 Å². The van der Waals surface area contributed by atoms with Crippen molar-refractivity contribution in [3.05, 3.63) is 63.7 Å². The quantitative estimate of drug-likeness (QED) is 0.347. The third-order valence-corrected chi connectivity index (χ3v) is 7.22. The van der Waals surface area contributed by atoms with Crippen LogP contribution in [0.3, 0.4) is 0 Å². The van der Waals surface area contributed by atoms with Crippen molar-refractivity contribution in [3.63, 3.8) is 0 Å². The molecule has 1 saturated carbocycles. The van der Waals surface area contributed by atoms with E-state index in [0.717, 1.165) is 16.7 Å². The second kappa shape index (κ2) is 12.9. The number of hydrogen-bond acceptors (Lipinski definition) is 5. The molecule has 2 aromatic rings. The van der Waals surface area contributed by atoms with Gasteiger partial charge in [0.1, 0.15) is 17.7 Å². The fourth-order valence-corrected chi connectivity index (χ4v) is 5.20. The molecule has 2 aromatic carbocycles. The number of hydrogen-bond donors (Lipinski definition) is 3. The summed E-state index contributed by atoms with van der Waals surface area (Å²) in [6.45, 7) is 12.8. The Labute approximate surface area is 247 Å². The summed E-state index contributed by atoms with van der Waals surface area (Å²) >= 11 is 6.45. The molecule has 0 saturated heterocycles. The van der Waals surface area contributed by atoms with E-state index in [2.05, 4.69) is 10.6 Å². The van der Waals surface area contributed by atoms with Crippen molar-refractivity contribution in [3.8, 4) is 0 Å². The maximum atomic E-state index is 14.4. The summed E-state index contributed by atoms with van der Waals surface area (Å²) < 4.78 is 5.40. The highest BCUT2D eigenvalue weighted by Gasteiger charge is 2.48. The van der Waals surface area contributed by atoms with E-state index in [4.69, 9.17) is 22.1 Å². The van der Waals surface area contributed by atoms with Crippen LogP contribution in [0, 0.1) is 26.7 Å². The van der Waals surface area contributed by atoms with E-state index in [-0.39, 0.29) is 24.8 Å². The highest BCUT2D eigenvalue weighted by Crippen LogP contribution is 2.42. The van der Waals surface area contributed by atoms with Gasteiger partial charge in [-0.1, -0.05) is 60.0 Å². The maximum absolute atomic E-state index is 14.4. The molecular formula is C31H41ClN4O5. The molecule has 0 bridgehead atoms. The Morgan fingerprint density at radius 2 is 1.71 bits per heavy atom. The number of carbonyl (C=O) groups is 4. The third-order valence-electron chi connectivity index (χ3n) is 6.90. The molecule has 0 radical (unpaired) electrons. The first-order chi connectivity index (χ1) is 19.1. The lowest BCUT2D eigenvalue weighted by Crippen LogP contribution is -2.53. The summed E-state index contributed by atoms with van der Waals surface area (Å²) in [7, 11) is 0. The number of halogens is 1. The van der Waals surface area contributed by atoms with Crippen molar-refractivity contribution in [1.82, 2.24) is 10.2 Å². The number of nitrogens with two attached hydrogens (primary N) is 1. The molecule has 41 heavy (non-hydrogen) atoms. The molecule has 0 aliphatic heterocycles. The number of nitrogens with one attached hydrogen (secondary N) is 2. The largest absolute Gasteiger partial charge is 0.444 e. The molecular weight excluding hydrogens is 544 g/mol. The molecule has 1 aliphatic rings. The van der Waals surface area contributed by atoms with Crippen LogP contribution in [0.5, 0.6) is 0 Å². The molecule has 9 nitrogen and oxygen atoms in total. The molecule has 0 aromatic heterocycles. The molecule has 4 atom stereocenters. The summed E-state index contributed by atoms with van der Waals surface area (Å²) in [5.41, 5.74) is 8.32. The zero-order valence-corrected chi connectivity index (χ0v) is 25.6. The van der Waals surface area contributed by atoms with Gasteiger partial charge in [-0.25, -0.2) is 4.79 Å². The molecule has 222 valence electrons. The lowest BCUT2D eigenvalue weighted by Gasteiger charge is -2.35. The van der Waals surface area contributed by atoms with Crippen molar-refractivity contribution in [1.29, 1.82) is 0 Å². The lowest BCUT2D eigenvalue weighted by atomic mass is 9.97. The van der Waals surface area contributed by atoms with Crippen LogP contribution in [0.4, 0.5) is 10.5 Å². The van der Waals surface area contributed by atoms with Gasteiger partial charge in [-0.15, -0.1) is 0 Å². The molecule has 4 unspecified atom stereocenters. The molecule has 0 spiro atoms. The number of rotatable bonds is 10. The van der Waals surface area contributed by atoms with Crippen molar-refractivity contribution in [2.75, 3.05) is 5.32 Å². The highest BCUT2D eigenvalue weighted by molar-refractivity contribution is 6.34. The number of amides is 4. The molecule has 3 rings (SSSR count). The second-order valence-electron chi connectivity index (χ2n) is 12.0. The zero-order chi connectivity index (χ0) is 30.6. The van der Waals surface area contributed by atoms with E-state index >= 15 is 0 Å². The number of para-hydroxylation sites is 1. The minimum atomic E-state index is -1.14. The first kappa shape index (κ1) is 31.9. The first-order valence-corrected chi connectivity index (χ1v) is 14.2. The highest BCUT2D eigenvalue weighted by atomic mass is 35.5. The summed E-state index contributed by atoms with van der Waals surface area (Å²) in [4.78, 5) is 54.5. The number of carbonyl (C=O) groups excluding carboxylic acids is 4. The van der Waals surface area contributed by atoms with Crippen LogP contribution < -0.4 is 16.4 Å². The smallest absolute Gasteiger partial charge is 0.408 e. The van der Waals surface area contributed by atoms with Gasteiger partial charge in [0.05, 0.1) is 10.7 Å². The zero-order valence-electron chi connectivity index (χ0n) is 24.8. The van der Waals surface area contributed by atoms with Crippen molar-refractivity contribution < 1.29 is 23.9 Å². The van der Waals surface area contributed by atoms with Crippen LogP contribution in [-0.4, -0.2) is 46.4 Å². The molecule has 4 amide bonds. The normalized spacial score (nSPS) is 17.7. The predicted molar refractivity (Wildman–Crippen MR) is 159 cm³/mol. The Hall–Kier alpha value is -3.59. The van der Waals surface area contributed by atoms with Crippen LogP contribution in [0.25, 0.3) is 0 Å². The number of primary amides is 1. The van der Waals surface area contributed by atoms with Gasteiger partial charge in [0.2, 0.25) is 11.8 Å². The maximum Gasteiger partial charge on any atom is 0.408 e. The first-order valence-electron chi connectivity index (χ1n) is 13.8. The lowest BCUT2D eigenvalue weighted by molar-refractivity contribution is -0.142. The Bertz CT molecular complexity index is 1280. The minimum absolute atomic E-state index is 0.0458. The van der Waals surface area contributed by atoms with Crippen LogP contribution in [0.2, 0.25) is 5.02 Å². The number of benzene rings is 2. The Morgan fingerprint density at radius 3 is 2.22 bits per heavy atom. The van der Waals surface area contributed by atoms with Gasteiger partial charge in [-0.3, -0.25) is 14.4 Å². The third kappa shape index (κ3) is 8.70. The SMILES string of the molecule is Cc1cc(C)cc(C(C(=O)Nc2c(C)cccc2Cl)N(C(=O)C(CCC(N)=O)NC(=O)OC(C)(C)C)C2CC2C)c1. The summed E-state index contributed by atoms with van der Waals surface area (Å²) in [5.74, 6) is -1.43. The fourth-order valence-electron chi connectivity index (χ4n) is 4.93. The van der Waals surface area contributed by atoms with E-state index < -0.39 is 41.5 Å². The Balaban J connectivity index is 2.09. The molecule has 1 aliphatic carbocycles. The van der Waals surface area contributed by atoms with Crippen LogP contribution in [0.1, 0.15) is 75.3 Å². The van der Waals surface area contributed by atoms with Gasteiger partial charge in [0.25, 0.3) is 5.91 Å². The average molecular weight is 585 g/mol. The van der Waals surface area contributed by atoms with E-state index in [0.29, 0.717) is 22.7 Å². The van der Waals surface area contributed by atoms with Gasteiger partial charge >= 0.3 is 6.09 Å². The molecule has 1 fully saturated rings. The van der Waals surface area contributed by atoms with E-state index in [1.807, 2.05) is 52.0 Å². The summed E-state index contributed by atoms with van der Waals surface area (Å²) in [6, 6.07) is 8.62. The molecule has 10 heteroatoms. The number of nitrogens with zero attached hydrogens (tertiary/aromatic N) is 1. The number of aryl methyl sites for hydroxylation is 3. The number of anilines is 1. The van der Waals surface area contributed by atoms with Gasteiger partial charge in [0, 0.05) is 12.5 Å². The fraction of sp³-hybridized carbons (Fsp3) is 0.484. The standard InChI is InChI=1S/C31H41ClN4O5/c1-17-13-18(2)15-21(14-17)27(28(38)35-26-19(3)9-8-10-22(26)32)36(24-16-20(24)4)29(39)23(11-12-25(33)37)34-30(40)41-31(5,6)7/h8-10,13-15,20,23-24,27H,11-12,16H2,1-7H3,(H2,33,37)(H,34,40)(H,35,38). The van der Waals surface area contributed by atoms with Crippen molar-refractivity contribution >= 4 is 41.1 Å². The number of alkyl carbamates (subject to hydrolysis) is 1. The van der Waals surface area contributed by atoms with Crippen LogP contribution in [0.15, 0.2) is 36.4 Å². The van der Waals surface area contributed by atoms with Crippen molar-refractivity contribution in [2.24, 2.45) is 11.7 Å². The second-order valence-corrected chi connectivity index (χ2v) is 12.4. The topological polar surface area (TPSA) is 131 Å². The van der Waals surface area contributed by atoms with Gasteiger partial charge in [-0.2, -0.15) is 0 Å². The molecule has 4 N–H and O–H groups in total. The van der Waals surface area contributed by atoms with Gasteiger partial charge < -0.3 is 26.0 Å². The summed E-state index contributed by atoms with van der Waals surface area (Å²) in [5, 5.41) is 5.96. The number of ether oxygens (including phenoxy) is 1.